The van der Waals surface area contributed by atoms with Gasteiger partial charge in [0.05, 0.1) is 6.04 Å². The zero-order valence-electron chi connectivity index (χ0n) is 10.5. The fourth-order valence-electron chi connectivity index (χ4n) is 1.69. The monoisotopic (exact) mass is 242 g/mol. The molecule has 4 N–H and O–H groups in total. The number of hydrogen-bond acceptors (Lipinski definition) is 3. The molecular weight excluding hydrogens is 220 g/mol. The maximum absolute atomic E-state index is 11.8. The number of rotatable bonds is 7. The van der Waals surface area contributed by atoms with Crippen molar-refractivity contribution in [2.45, 2.75) is 51.6 Å². The molecule has 0 aromatic heterocycles. The van der Waals surface area contributed by atoms with E-state index in [0.717, 1.165) is 19.3 Å². The van der Waals surface area contributed by atoms with E-state index in [-0.39, 0.29) is 11.8 Å². The van der Waals surface area contributed by atoms with E-state index in [1.807, 2.05) is 13.8 Å². The topological polar surface area (TPSA) is 92.4 Å². The van der Waals surface area contributed by atoms with Gasteiger partial charge in [-0.05, 0) is 18.3 Å². The van der Waals surface area contributed by atoms with Crippen molar-refractivity contribution in [1.29, 1.82) is 0 Å². The first-order valence-corrected chi connectivity index (χ1v) is 6.24. The third-order valence-corrected chi connectivity index (χ3v) is 3.44. The van der Waals surface area contributed by atoms with Gasteiger partial charge in [-0.3, -0.25) is 4.79 Å². The molecule has 5 heteroatoms. The highest BCUT2D eigenvalue weighted by Gasteiger charge is 2.31. The SMILES string of the molecule is CCC(C)[C@H](N)C(=O)NC(CC1CC1)C(=O)O. The summed E-state index contributed by atoms with van der Waals surface area (Å²) < 4.78 is 0. The van der Waals surface area contributed by atoms with Crippen LogP contribution in [-0.4, -0.2) is 29.1 Å². The molecule has 0 bridgehead atoms. The zero-order valence-corrected chi connectivity index (χ0v) is 10.5. The molecule has 17 heavy (non-hydrogen) atoms. The summed E-state index contributed by atoms with van der Waals surface area (Å²) in [7, 11) is 0. The Balaban J connectivity index is 2.47. The summed E-state index contributed by atoms with van der Waals surface area (Å²) in [5.41, 5.74) is 5.76. The van der Waals surface area contributed by atoms with E-state index in [4.69, 9.17) is 10.8 Å². The molecule has 2 unspecified atom stereocenters. The number of hydrogen-bond donors (Lipinski definition) is 3. The van der Waals surface area contributed by atoms with Gasteiger partial charge in [0, 0.05) is 0 Å². The average Bonchev–Trinajstić information content (AvgIpc) is 3.09. The lowest BCUT2D eigenvalue weighted by Crippen LogP contribution is -2.50. The van der Waals surface area contributed by atoms with E-state index in [0.29, 0.717) is 12.3 Å². The summed E-state index contributed by atoms with van der Waals surface area (Å²) in [5, 5.41) is 11.6. The number of carbonyl (C=O) groups excluding carboxylic acids is 1. The number of carboxylic acid groups (broad SMARTS) is 1. The molecule has 5 nitrogen and oxygen atoms in total. The molecule has 0 heterocycles. The summed E-state index contributed by atoms with van der Waals surface area (Å²) >= 11 is 0. The molecule has 1 saturated carbocycles. The Labute approximate surface area is 102 Å². The normalized spacial score (nSPS) is 20.4. The summed E-state index contributed by atoms with van der Waals surface area (Å²) in [6.45, 7) is 3.84. The molecule has 1 fully saturated rings. The van der Waals surface area contributed by atoms with Crippen molar-refractivity contribution in [2.24, 2.45) is 17.6 Å². The second-order valence-electron chi connectivity index (χ2n) is 4.99. The number of nitrogens with two attached hydrogens (primary N) is 1. The van der Waals surface area contributed by atoms with Crippen LogP contribution >= 0.6 is 0 Å². The highest BCUT2D eigenvalue weighted by Crippen LogP contribution is 2.33. The number of aliphatic carboxylic acids is 1. The van der Waals surface area contributed by atoms with E-state index < -0.39 is 18.1 Å². The van der Waals surface area contributed by atoms with Crippen molar-refractivity contribution in [3.05, 3.63) is 0 Å². The summed E-state index contributed by atoms with van der Waals surface area (Å²) in [5.74, 6) is -0.810. The van der Waals surface area contributed by atoms with Gasteiger partial charge in [-0.25, -0.2) is 4.79 Å². The number of carboxylic acids is 1. The van der Waals surface area contributed by atoms with Crippen molar-refractivity contribution in [1.82, 2.24) is 5.32 Å². The minimum Gasteiger partial charge on any atom is -0.480 e. The molecule has 0 aliphatic heterocycles. The number of carbonyl (C=O) groups is 2. The number of amides is 1. The minimum atomic E-state index is -0.971. The predicted molar refractivity (Wildman–Crippen MR) is 64.3 cm³/mol. The predicted octanol–water partition coefficient (Wildman–Crippen LogP) is 0.729. The Morgan fingerprint density at radius 1 is 1.47 bits per heavy atom. The lowest BCUT2D eigenvalue weighted by atomic mass is 9.99. The molecule has 1 amide bonds. The van der Waals surface area contributed by atoms with Gasteiger partial charge in [0.2, 0.25) is 5.91 Å². The maximum atomic E-state index is 11.8. The van der Waals surface area contributed by atoms with Crippen molar-refractivity contribution in [2.75, 3.05) is 0 Å². The molecule has 1 aliphatic rings. The maximum Gasteiger partial charge on any atom is 0.326 e. The highest BCUT2D eigenvalue weighted by atomic mass is 16.4. The third-order valence-electron chi connectivity index (χ3n) is 3.44. The van der Waals surface area contributed by atoms with Crippen LogP contribution < -0.4 is 11.1 Å². The van der Waals surface area contributed by atoms with Gasteiger partial charge in [0.25, 0.3) is 0 Å². The van der Waals surface area contributed by atoms with Crippen LogP contribution in [0.1, 0.15) is 39.5 Å². The van der Waals surface area contributed by atoms with Crippen molar-refractivity contribution in [3.8, 4) is 0 Å². The lowest BCUT2D eigenvalue weighted by Gasteiger charge is -2.21. The van der Waals surface area contributed by atoms with Gasteiger partial charge in [0.1, 0.15) is 6.04 Å². The largest absolute Gasteiger partial charge is 0.480 e. The first-order chi connectivity index (χ1) is 7.95. The molecule has 3 atom stereocenters. The quantitative estimate of drug-likeness (QED) is 0.613. The summed E-state index contributed by atoms with van der Waals surface area (Å²) in [4.78, 5) is 22.8. The number of nitrogens with one attached hydrogen (secondary N) is 1. The molecule has 0 spiro atoms. The Morgan fingerprint density at radius 3 is 2.47 bits per heavy atom. The average molecular weight is 242 g/mol. The fraction of sp³-hybridized carbons (Fsp3) is 0.833. The minimum absolute atomic E-state index is 0.0605. The summed E-state index contributed by atoms with van der Waals surface area (Å²) in [6.07, 6.45) is 3.46. The molecule has 98 valence electrons. The van der Waals surface area contributed by atoms with Gasteiger partial charge < -0.3 is 16.2 Å². The molecule has 1 rings (SSSR count). The first-order valence-electron chi connectivity index (χ1n) is 6.24. The van der Waals surface area contributed by atoms with E-state index in [1.165, 1.54) is 0 Å². The van der Waals surface area contributed by atoms with E-state index in [9.17, 15) is 9.59 Å². The van der Waals surface area contributed by atoms with Gasteiger partial charge in [-0.15, -0.1) is 0 Å². The molecule has 0 aromatic carbocycles. The van der Waals surface area contributed by atoms with Crippen LogP contribution in [-0.2, 0) is 9.59 Å². The lowest BCUT2D eigenvalue weighted by molar-refractivity contribution is -0.142. The van der Waals surface area contributed by atoms with Gasteiger partial charge in [-0.1, -0.05) is 33.1 Å². The van der Waals surface area contributed by atoms with Crippen molar-refractivity contribution < 1.29 is 14.7 Å². The molecule has 0 radical (unpaired) electrons. The van der Waals surface area contributed by atoms with Gasteiger partial charge in [0.15, 0.2) is 0 Å². The molecule has 0 saturated heterocycles. The fourth-order valence-corrected chi connectivity index (χ4v) is 1.69. The van der Waals surface area contributed by atoms with E-state index in [1.54, 1.807) is 0 Å². The Kier molecular flexibility index (Phi) is 4.93. The second kappa shape index (κ2) is 6.00. The van der Waals surface area contributed by atoms with Crippen LogP contribution in [0, 0.1) is 11.8 Å². The smallest absolute Gasteiger partial charge is 0.326 e. The van der Waals surface area contributed by atoms with Gasteiger partial charge >= 0.3 is 5.97 Å². The Morgan fingerprint density at radius 2 is 2.06 bits per heavy atom. The van der Waals surface area contributed by atoms with Crippen molar-refractivity contribution >= 4 is 11.9 Å². The Hall–Kier alpha value is -1.10. The van der Waals surface area contributed by atoms with Crippen molar-refractivity contribution in [3.63, 3.8) is 0 Å². The highest BCUT2D eigenvalue weighted by molar-refractivity contribution is 5.86. The second-order valence-corrected chi connectivity index (χ2v) is 4.99. The molecule has 1 aliphatic carbocycles. The van der Waals surface area contributed by atoms with Crippen LogP contribution in [0.25, 0.3) is 0 Å². The molecular formula is C12H22N2O3. The van der Waals surface area contributed by atoms with E-state index >= 15 is 0 Å². The van der Waals surface area contributed by atoms with Crippen LogP contribution in [0.3, 0.4) is 0 Å². The van der Waals surface area contributed by atoms with Crippen LogP contribution in [0.5, 0.6) is 0 Å². The van der Waals surface area contributed by atoms with Crippen LogP contribution in [0.15, 0.2) is 0 Å². The third kappa shape index (κ3) is 4.34. The Bertz CT molecular complexity index is 289. The first kappa shape index (κ1) is 14.0. The van der Waals surface area contributed by atoms with E-state index in [2.05, 4.69) is 5.32 Å². The summed E-state index contributed by atoms with van der Waals surface area (Å²) in [6, 6.07) is -1.41. The zero-order chi connectivity index (χ0) is 13.0. The van der Waals surface area contributed by atoms with Gasteiger partial charge in [-0.2, -0.15) is 0 Å². The standard InChI is InChI=1S/C12H22N2O3/c1-3-7(2)10(13)11(15)14-9(12(16)17)6-8-4-5-8/h7-10H,3-6,13H2,1-2H3,(H,14,15)(H,16,17)/t7?,9?,10-/m0/s1. The molecule has 0 aromatic rings. The van der Waals surface area contributed by atoms with Crippen LogP contribution in [0.2, 0.25) is 0 Å². The van der Waals surface area contributed by atoms with Crippen LogP contribution in [0.4, 0.5) is 0 Å².